The lowest BCUT2D eigenvalue weighted by atomic mass is 10.0. The number of hydrogen-bond donors (Lipinski definition) is 2. The molecule has 2 N–H and O–H groups in total. The summed E-state index contributed by atoms with van der Waals surface area (Å²) in [7, 11) is 0. The Morgan fingerprint density at radius 2 is 1.90 bits per heavy atom. The Bertz CT molecular complexity index is 500. The second-order valence-corrected chi connectivity index (χ2v) is 4.22. The molecule has 1 aromatic rings. The lowest BCUT2D eigenvalue weighted by molar-refractivity contribution is -0.138. The molecule has 0 aliphatic heterocycles. The van der Waals surface area contributed by atoms with Gasteiger partial charge in [-0.25, -0.2) is 0 Å². The van der Waals surface area contributed by atoms with Crippen molar-refractivity contribution >= 4 is 11.9 Å². The van der Waals surface area contributed by atoms with Gasteiger partial charge in [0.15, 0.2) is 0 Å². The molecule has 0 bridgehead atoms. The molecule has 1 aromatic carbocycles. The predicted octanol–water partition coefficient (Wildman–Crippen LogP) is 2.69. The molecule has 1 atom stereocenters. The van der Waals surface area contributed by atoms with Crippen LogP contribution < -0.4 is 5.32 Å². The molecule has 7 heteroatoms. The summed E-state index contributed by atoms with van der Waals surface area (Å²) in [6.07, 6.45) is -4.66. The van der Waals surface area contributed by atoms with Crippen LogP contribution in [0.25, 0.3) is 0 Å². The fraction of sp³-hybridized carbons (Fsp3) is 0.385. The molecule has 4 nitrogen and oxygen atoms in total. The second-order valence-electron chi connectivity index (χ2n) is 4.22. The number of amides is 1. The topological polar surface area (TPSA) is 66.4 Å². The van der Waals surface area contributed by atoms with Crippen molar-refractivity contribution in [2.24, 2.45) is 0 Å². The summed E-state index contributed by atoms with van der Waals surface area (Å²) in [5.41, 5.74) is -1.55. The summed E-state index contributed by atoms with van der Waals surface area (Å²) < 4.78 is 38.3. The van der Waals surface area contributed by atoms with Crippen LogP contribution in [0, 0.1) is 0 Å². The number of carboxylic acids is 1. The van der Waals surface area contributed by atoms with E-state index in [9.17, 15) is 22.8 Å². The summed E-state index contributed by atoms with van der Waals surface area (Å²) in [5, 5.41) is 11.0. The highest BCUT2D eigenvalue weighted by molar-refractivity contribution is 5.96. The van der Waals surface area contributed by atoms with E-state index in [1.165, 1.54) is 12.1 Å². The van der Waals surface area contributed by atoms with Crippen molar-refractivity contribution in [3.05, 3.63) is 35.4 Å². The molecule has 0 aliphatic rings. The number of carboxylic acid groups (broad SMARTS) is 1. The van der Waals surface area contributed by atoms with Gasteiger partial charge in [0.25, 0.3) is 5.91 Å². The average molecular weight is 289 g/mol. The van der Waals surface area contributed by atoms with Crippen molar-refractivity contribution in [2.75, 3.05) is 0 Å². The lowest BCUT2D eigenvalue weighted by Crippen LogP contribution is -2.37. The SMILES string of the molecule is CCC(CC(=O)O)NC(=O)c1ccccc1C(F)(F)F. The van der Waals surface area contributed by atoms with Crippen LogP contribution in [0.2, 0.25) is 0 Å². The van der Waals surface area contributed by atoms with Crippen LogP contribution in [0.3, 0.4) is 0 Å². The molecule has 1 unspecified atom stereocenters. The van der Waals surface area contributed by atoms with Gasteiger partial charge in [-0.05, 0) is 18.6 Å². The minimum Gasteiger partial charge on any atom is -0.481 e. The quantitative estimate of drug-likeness (QED) is 0.875. The number of carbonyl (C=O) groups excluding carboxylic acids is 1. The summed E-state index contributed by atoms with van der Waals surface area (Å²) in [5.74, 6) is -2.05. The first kappa shape index (κ1) is 16.0. The molecular formula is C13H14F3NO3. The molecule has 0 aliphatic carbocycles. The fourth-order valence-corrected chi connectivity index (χ4v) is 1.70. The normalized spacial score (nSPS) is 12.8. The van der Waals surface area contributed by atoms with Gasteiger partial charge in [0.05, 0.1) is 17.5 Å². The van der Waals surface area contributed by atoms with Gasteiger partial charge < -0.3 is 10.4 Å². The fourth-order valence-electron chi connectivity index (χ4n) is 1.70. The van der Waals surface area contributed by atoms with Gasteiger partial charge in [-0.2, -0.15) is 13.2 Å². The lowest BCUT2D eigenvalue weighted by Gasteiger charge is -2.17. The van der Waals surface area contributed by atoms with Gasteiger partial charge in [-0.3, -0.25) is 9.59 Å². The molecule has 0 fully saturated rings. The molecule has 0 spiro atoms. The van der Waals surface area contributed by atoms with Gasteiger partial charge in [-0.15, -0.1) is 0 Å². The second kappa shape index (κ2) is 6.40. The molecule has 0 saturated heterocycles. The zero-order valence-corrected chi connectivity index (χ0v) is 10.7. The number of benzene rings is 1. The molecule has 20 heavy (non-hydrogen) atoms. The van der Waals surface area contributed by atoms with Crippen molar-refractivity contribution in [3.63, 3.8) is 0 Å². The summed E-state index contributed by atoms with van der Waals surface area (Å²) in [4.78, 5) is 22.4. The van der Waals surface area contributed by atoms with Crippen LogP contribution in [-0.2, 0) is 11.0 Å². The summed E-state index contributed by atoms with van der Waals surface area (Å²) >= 11 is 0. The molecule has 110 valence electrons. The van der Waals surface area contributed by atoms with E-state index in [-0.39, 0.29) is 6.42 Å². The average Bonchev–Trinajstić information content (AvgIpc) is 2.36. The van der Waals surface area contributed by atoms with Gasteiger partial charge >= 0.3 is 12.1 Å². The maximum Gasteiger partial charge on any atom is 0.417 e. The van der Waals surface area contributed by atoms with Crippen LogP contribution in [-0.4, -0.2) is 23.0 Å². The van der Waals surface area contributed by atoms with E-state index < -0.39 is 35.2 Å². The standard InChI is InChI=1S/C13H14F3NO3/c1-2-8(7-11(18)19)17-12(20)9-5-3-4-6-10(9)13(14,15)16/h3-6,8H,2,7H2,1H3,(H,17,20)(H,18,19). The maximum atomic E-state index is 12.8. The Morgan fingerprint density at radius 1 is 1.30 bits per heavy atom. The molecule has 0 aromatic heterocycles. The minimum absolute atomic E-state index is 0.312. The van der Waals surface area contributed by atoms with E-state index in [4.69, 9.17) is 5.11 Å². The van der Waals surface area contributed by atoms with Crippen LogP contribution in [0.5, 0.6) is 0 Å². The first-order valence-corrected chi connectivity index (χ1v) is 5.94. The summed E-state index contributed by atoms with van der Waals surface area (Å²) in [6.45, 7) is 1.64. The van der Waals surface area contributed by atoms with Crippen molar-refractivity contribution in [1.82, 2.24) is 5.32 Å². The highest BCUT2D eigenvalue weighted by atomic mass is 19.4. The van der Waals surface area contributed by atoms with E-state index >= 15 is 0 Å². The third-order valence-electron chi connectivity index (χ3n) is 2.73. The van der Waals surface area contributed by atoms with Gasteiger partial charge in [0, 0.05) is 6.04 Å². The van der Waals surface area contributed by atoms with Crippen molar-refractivity contribution < 1.29 is 27.9 Å². The third kappa shape index (κ3) is 4.25. The van der Waals surface area contributed by atoms with Gasteiger partial charge in [0.1, 0.15) is 0 Å². The first-order chi connectivity index (χ1) is 9.25. The van der Waals surface area contributed by atoms with E-state index in [1.807, 2.05) is 0 Å². The van der Waals surface area contributed by atoms with E-state index in [1.54, 1.807) is 6.92 Å². The Hall–Kier alpha value is -2.05. The van der Waals surface area contributed by atoms with Crippen LogP contribution in [0.4, 0.5) is 13.2 Å². The number of carbonyl (C=O) groups is 2. The monoisotopic (exact) mass is 289 g/mol. The number of nitrogens with one attached hydrogen (secondary N) is 1. The Morgan fingerprint density at radius 3 is 2.40 bits per heavy atom. The number of hydrogen-bond acceptors (Lipinski definition) is 2. The minimum atomic E-state index is -4.64. The van der Waals surface area contributed by atoms with Crippen molar-refractivity contribution in [1.29, 1.82) is 0 Å². The van der Waals surface area contributed by atoms with E-state index in [0.717, 1.165) is 12.1 Å². The van der Waals surface area contributed by atoms with Crippen molar-refractivity contribution in [2.45, 2.75) is 32.0 Å². The molecule has 1 amide bonds. The summed E-state index contributed by atoms with van der Waals surface area (Å²) in [6, 6.07) is 3.68. The number of halogens is 3. The van der Waals surface area contributed by atoms with E-state index in [0.29, 0.717) is 6.42 Å². The molecule has 0 saturated carbocycles. The highest BCUT2D eigenvalue weighted by Crippen LogP contribution is 2.31. The zero-order valence-electron chi connectivity index (χ0n) is 10.7. The molecule has 1 rings (SSSR count). The van der Waals surface area contributed by atoms with Crippen LogP contribution in [0.1, 0.15) is 35.7 Å². The third-order valence-corrected chi connectivity index (χ3v) is 2.73. The van der Waals surface area contributed by atoms with Crippen LogP contribution in [0.15, 0.2) is 24.3 Å². The number of alkyl halides is 3. The molecule has 0 radical (unpaired) electrons. The van der Waals surface area contributed by atoms with Gasteiger partial charge in [0.2, 0.25) is 0 Å². The van der Waals surface area contributed by atoms with Crippen molar-refractivity contribution in [3.8, 4) is 0 Å². The number of aliphatic carboxylic acids is 1. The largest absolute Gasteiger partial charge is 0.481 e. The van der Waals surface area contributed by atoms with Crippen LogP contribution >= 0.6 is 0 Å². The molecule has 0 heterocycles. The maximum absolute atomic E-state index is 12.8. The highest BCUT2D eigenvalue weighted by Gasteiger charge is 2.35. The first-order valence-electron chi connectivity index (χ1n) is 5.94. The van der Waals surface area contributed by atoms with E-state index in [2.05, 4.69) is 5.32 Å². The Kier molecular flexibility index (Phi) is 5.12. The number of rotatable bonds is 5. The predicted molar refractivity (Wildman–Crippen MR) is 65.2 cm³/mol. The Labute approximate surface area is 113 Å². The van der Waals surface area contributed by atoms with Gasteiger partial charge in [-0.1, -0.05) is 19.1 Å². The Balaban J connectivity index is 2.95. The zero-order chi connectivity index (χ0) is 15.3. The smallest absolute Gasteiger partial charge is 0.417 e. The molecular weight excluding hydrogens is 275 g/mol.